The standard InChI is InChI=1S/C11H19NO2/c1-7-3-11(4-8(7)2)6-12-5-9(11)10(13)14/h7-9,12H,3-6H2,1-2H3,(H,13,14). The summed E-state index contributed by atoms with van der Waals surface area (Å²) in [7, 11) is 0. The van der Waals surface area contributed by atoms with Crippen LogP contribution in [0.15, 0.2) is 0 Å². The molecule has 2 rings (SSSR count). The zero-order valence-corrected chi connectivity index (χ0v) is 8.92. The van der Waals surface area contributed by atoms with Crippen LogP contribution in [-0.2, 0) is 4.79 Å². The van der Waals surface area contributed by atoms with Crippen LogP contribution < -0.4 is 5.32 Å². The lowest BCUT2D eigenvalue weighted by Gasteiger charge is -2.27. The van der Waals surface area contributed by atoms with E-state index in [0.29, 0.717) is 18.4 Å². The second-order valence-corrected chi connectivity index (χ2v) is 5.25. The van der Waals surface area contributed by atoms with Gasteiger partial charge in [0.05, 0.1) is 5.92 Å². The van der Waals surface area contributed by atoms with Gasteiger partial charge in [-0.3, -0.25) is 4.79 Å². The summed E-state index contributed by atoms with van der Waals surface area (Å²) < 4.78 is 0. The number of nitrogens with one attached hydrogen (secondary N) is 1. The maximum Gasteiger partial charge on any atom is 0.308 e. The third-order valence-corrected chi connectivity index (χ3v) is 4.29. The van der Waals surface area contributed by atoms with E-state index in [4.69, 9.17) is 0 Å². The number of hydrogen-bond acceptors (Lipinski definition) is 2. The van der Waals surface area contributed by atoms with E-state index in [0.717, 1.165) is 19.4 Å². The molecule has 3 heteroatoms. The number of carboxylic acids is 1. The van der Waals surface area contributed by atoms with Gasteiger partial charge in [0.2, 0.25) is 0 Å². The molecule has 0 bridgehead atoms. The van der Waals surface area contributed by atoms with Gasteiger partial charge in [0.15, 0.2) is 0 Å². The van der Waals surface area contributed by atoms with E-state index in [9.17, 15) is 9.90 Å². The second kappa shape index (κ2) is 3.23. The summed E-state index contributed by atoms with van der Waals surface area (Å²) in [6.07, 6.45) is 2.16. The lowest BCUT2D eigenvalue weighted by molar-refractivity contribution is -0.144. The third-order valence-electron chi connectivity index (χ3n) is 4.29. The van der Waals surface area contributed by atoms with Crippen LogP contribution in [0.4, 0.5) is 0 Å². The van der Waals surface area contributed by atoms with E-state index in [-0.39, 0.29) is 11.3 Å². The lowest BCUT2D eigenvalue weighted by Crippen LogP contribution is -2.32. The van der Waals surface area contributed by atoms with Crippen molar-refractivity contribution in [2.75, 3.05) is 13.1 Å². The van der Waals surface area contributed by atoms with Crippen LogP contribution >= 0.6 is 0 Å². The zero-order chi connectivity index (χ0) is 10.3. The van der Waals surface area contributed by atoms with Crippen molar-refractivity contribution in [3.63, 3.8) is 0 Å². The van der Waals surface area contributed by atoms with Gasteiger partial charge in [0, 0.05) is 13.1 Å². The SMILES string of the molecule is CC1CC2(CNCC2C(=O)O)CC1C. The van der Waals surface area contributed by atoms with Gasteiger partial charge < -0.3 is 10.4 Å². The average molecular weight is 197 g/mol. The predicted octanol–water partition coefficient (Wildman–Crippen LogP) is 1.34. The van der Waals surface area contributed by atoms with Gasteiger partial charge in [-0.1, -0.05) is 13.8 Å². The average Bonchev–Trinajstić information content (AvgIpc) is 2.59. The Bertz CT molecular complexity index is 242. The van der Waals surface area contributed by atoms with Crippen molar-refractivity contribution >= 4 is 5.97 Å². The molecule has 1 saturated heterocycles. The van der Waals surface area contributed by atoms with Crippen LogP contribution in [0, 0.1) is 23.2 Å². The van der Waals surface area contributed by atoms with Crippen LogP contribution in [0.25, 0.3) is 0 Å². The number of carboxylic acid groups (broad SMARTS) is 1. The molecule has 14 heavy (non-hydrogen) atoms. The lowest BCUT2D eigenvalue weighted by atomic mass is 9.76. The van der Waals surface area contributed by atoms with Gasteiger partial charge in [-0.2, -0.15) is 0 Å². The summed E-state index contributed by atoms with van der Waals surface area (Å²) in [6, 6.07) is 0. The topological polar surface area (TPSA) is 49.3 Å². The first-order valence-electron chi connectivity index (χ1n) is 5.49. The Labute approximate surface area is 84.9 Å². The largest absolute Gasteiger partial charge is 0.481 e. The van der Waals surface area contributed by atoms with Gasteiger partial charge in [0.1, 0.15) is 0 Å². The van der Waals surface area contributed by atoms with Crippen LogP contribution in [0.2, 0.25) is 0 Å². The Balaban J connectivity index is 2.19. The molecule has 2 N–H and O–H groups in total. The molecule has 3 atom stereocenters. The fraction of sp³-hybridized carbons (Fsp3) is 0.909. The van der Waals surface area contributed by atoms with Gasteiger partial charge in [0.25, 0.3) is 0 Å². The fourth-order valence-corrected chi connectivity index (χ4v) is 3.35. The van der Waals surface area contributed by atoms with E-state index in [1.807, 2.05) is 0 Å². The van der Waals surface area contributed by atoms with E-state index in [2.05, 4.69) is 19.2 Å². The Hall–Kier alpha value is -0.570. The van der Waals surface area contributed by atoms with Crippen molar-refractivity contribution in [1.29, 1.82) is 0 Å². The molecular formula is C11H19NO2. The summed E-state index contributed by atoms with van der Waals surface area (Å²) in [4.78, 5) is 11.1. The van der Waals surface area contributed by atoms with Crippen LogP contribution in [0.5, 0.6) is 0 Å². The van der Waals surface area contributed by atoms with Crippen molar-refractivity contribution in [2.24, 2.45) is 23.2 Å². The summed E-state index contributed by atoms with van der Waals surface area (Å²) >= 11 is 0. The highest BCUT2D eigenvalue weighted by Gasteiger charge is 2.52. The molecule has 1 saturated carbocycles. The molecule has 2 aliphatic rings. The molecule has 0 amide bonds. The Morgan fingerprint density at radius 1 is 1.36 bits per heavy atom. The summed E-state index contributed by atoms with van der Waals surface area (Å²) in [6.45, 7) is 6.06. The van der Waals surface area contributed by atoms with E-state index in [1.54, 1.807) is 0 Å². The van der Waals surface area contributed by atoms with Crippen molar-refractivity contribution in [3.05, 3.63) is 0 Å². The summed E-state index contributed by atoms with van der Waals surface area (Å²) in [5.74, 6) is 0.583. The van der Waals surface area contributed by atoms with Crippen LogP contribution in [-0.4, -0.2) is 24.2 Å². The molecule has 80 valence electrons. The predicted molar refractivity (Wildman–Crippen MR) is 54.0 cm³/mol. The molecule has 3 nitrogen and oxygen atoms in total. The number of carbonyl (C=O) groups is 1. The Morgan fingerprint density at radius 3 is 2.43 bits per heavy atom. The monoisotopic (exact) mass is 197 g/mol. The molecular weight excluding hydrogens is 178 g/mol. The maximum absolute atomic E-state index is 11.1. The normalized spacial score (nSPS) is 47.4. The molecule has 1 aliphatic heterocycles. The molecule has 2 fully saturated rings. The highest BCUT2D eigenvalue weighted by atomic mass is 16.4. The van der Waals surface area contributed by atoms with Crippen LogP contribution in [0.1, 0.15) is 26.7 Å². The number of hydrogen-bond donors (Lipinski definition) is 2. The van der Waals surface area contributed by atoms with Gasteiger partial charge in [-0.25, -0.2) is 0 Å². The van der Waals surface area contributed by atoms with Gasteiger partial charge >= 0.3 is 5.97 Å². The van der Waals surface area contributed by atoms with Gasteiger partial charge in [-0.05, 0) is 30.1 Å². The first-order valence-corrected chi connectivity index (χ1v) is 5.49. The molecule has 1 heterocycles. The van der Waals surface area contributed by atoms with Crippen molar-refractivity contribution in [3.8, 4) is 0 Å². The summed E-state index contributed by atoms with van der Waals surface area (Å²) in [5, 5.41) is 12.4. The number of rotatable bonds is 1. The minimum atomic E-state index is -0.615. The molecule has 0 aromatic heterocycles. The first kappa shape index (κ1) is 9.97. The highest BCUT2D eigenvalue weighted by Crippen LogP contribution is 2.51. The fourth-order valence-electron chi connectivity index (χ4n) is 3.35. The molecule has 1 aliphatic carbocycles. The Morgan fingerprint density at radius 2 is 1.93 bits per heavy atom. The highest BCUT2D eigenvalue weighted by molar-refractivity contribution is 5.72. The van der Waals surface area contributed by atoms with Crippen molar-refractivity contribution in [1.82, 2.24) is 5.32 Å². The van der Waals surface area contributed by atoms with Crippen molar-refractivity contribution in [2.45, 2.75) is 26.7 Å². The summed E-state index contributed by atoms with van der Waals surface area (Å²) in [5.41, 5.74) is 0.0602. The smallest absolute Gasteiger partial charge is 0.308 e. The maximum atomic E-state index is 11.1. The second-order valence-electron chi connectivity index (χ2n) is 5.25. The molecule has 1 spiro atoms. The molecule has 0 aromatic carbocycles. The van der Waals surface area contributed by atoms with E-state index >= 15 is 0 Å². The minimum Gasteiger partial charge on any atom is -0.481 e. The quantitative estimate of drug-likeness (QED) is 0.667. The zero-order valence-electron chi connectivity index (χ0n) is 8.92. The minimum absolute atomic E-state index is 0.0602. The van der Waals surface area contributed by atoms with Crippen molar-refractivity contribution < 1.29 is 9.90 Å². The van der Waals surface area contributed by atoms with E-state index < -0.39 is 5.97 Å². The molecule has 0 radical (unpaired) electrons. The number of aliphatic carboxylic acids is 1. The molecule has 3 unspecified atom stereocenters. The van der Waals surface area contributed by atoms with Gasteiger partial charge in [-0.15, -0.1) is 0 Å². The first-order chi connectivity index (χ1) is 6.55. The third kappa shape index (κ3) is 1.34. The van der Waals surface area contributed by atoms with E-state index in [1.165, 1.54) is 0 Å². The van der Waals surface area contributed by atoms with Crippen LogP contribution in [0.3, 0.4) is 0 Å². The Kier molecular flexibility index (Phi) is 2.30. The molecule has 0 aromatic rings.